The lowest BCUT2D eigenvalue weighted by Gasteiger charge is -2.18. The van der Waals surface area contributed by atoms with Crippen molar-refractivity contribution < 1.29 is 24.3 Å². The van der Waals surface area contributed by atoms with Crippen molar-refractivity contribution in [3.05, 3.63) is 34.9 Å². The van der Waals surface area contributed by atoms with Crippen molar-refractivity contribution in [2.45, 2.75) is 38.1 Å². The molecule has 1 fully saturated rings. The molecule has 0 bridgehead atoms. The fraction of sp³-hybridized carbons (Fsp3) is 0.412. The summed E-state index contributed by atoms with van der Waals surface area (Å²) in [5, 5.41) is 12.2. The Morgan fingerprint density at radius 3 is 2.32 bits per heavy atom. The summed E-state index contributed by atoms with van der Waals surface area (Å²) < 4.78 is 0. The molecule has 1 unspecified atom stereocenters. The molecule has 1 aromatic carbocycles. The number of carbonyl (C=O) groups is 4. The van der Waals surface area contributed by atoms with Gasteiger partial charge >= 0.3 is 5.97 Å². The predicted molar refractivity (Wildman–Crippen MR) is 89.8 cm³/mol. The topological polar surface area (TPSA) is 104 Å². The summed E-state index contributed by atoms with van der Waals surface area (Å²) >= 11 is 5.82. The minimum atomic E-state index is -1.03. The molecule has 1 aliphatic rings. The minimum absolute atomic E-state index is 0.0980. The third kappa shape index (κ3) is 5.56. The van der Waals surface area contributed by atoms with Crippen LogP contribution in [-0.4, -0.2) is 40.2 Å². The maximum Gasteiger partial charge on any atom is 0.305 e. The number of rotatable bonds is 8. The van der Waals surface area contributed by atoms with Gasteiger partial charge in [0.15, 0.2) is 0 Å². The molecule has 1 atom stereocenters. The number of amides is 3. The summed E-state index contributed by atoms with van der Waals surface area (Å²) in [6.45, 7) is 0.204. The zero-order valence-corrected chi connectivity index (χ0v) is 14.3. The number of carboxylic acids is 1. The van der Waals surface area contributed by atoms with Crippen molar-refractivity contribution in [1.29, 1.82) is 0 Å². The van der Waals surface area contributed by atoms with Gasteiger partial charge < -0.3 is 10.4 Å². The molecule has 3 amide bonds. The number of benzene rings is 1. The third-order valence-electron chi connectivity index (χ3n) is 3.93. The largest absolute Gasteiger partial charge is 0.481 e. The first-order valence-corrected chi connectivity index (χ1v) is 8.34. The molecule has 134 valence electrons. The lowest BCUT2D eigenvalue weighted by molar-refractivity contribution is -0.140. The molecule has 0 aliphatic carbocycles. The Balaban J connectivity index is 1.88. The molecule has 0 radical (unpaired) electrons. The second-order valence-electron chi connectivity index (χ2n) is 5.81. The van der Waals surface area contributed by atoms with Crippen LogP contribution in [0.4, 0.5) is 0 Å². The number of imide groups is 1. The van der Waals surface area contributed by atoms with Crippen LogP contribution < -0.4 is 5.32 Å². The molecule has 1 aromatic rings. The number of nitrogens with zero attached hydrogens (tertiary/aromatic N) is 1. The highest BCUT2D eigenvalue weighted by Crippen LogP contribution is 2.20. The summed E-state index contributed by atoms with van der Waals surface area (Å²) in [7, 11) is 0. The standard InChI is InChI=1S/C17H19ClN2O5/c18-12-5-3-11(4-6-12)13(10-17(24)25)19-14(21)2-1-9-20-15(22)7-8-16(20)23/h3-6,13H,1-2,7-10H2,(H,19,21)(H,24,25). The van der Waals surface area contributed by atoms with Crippen molar-refractivity contribution in [2.75, 3.05) is 6.54 Å². The summed E-state index contributed by atoms with van der Waals surface area (Å²) in [5.41, 5.74) is 0.644. The summed E-state index contributed by atoms with van der Waals surface area (Å²) in [5.74, 6) is -1.79. The summed E-state index contributed by atoms with van der Waals surface area (Å²) in [4.78, 5) is 47.3. The van der Waals surface area contributed by atoms with E-state index < -0.39 is 12.0 Å². The van der Waals surface area contributed by atoms with E-state index in [1.807, 2.05) is 0 Å². The molecule has 0 aromatic heterocycles. The Kier molecular flexibility index (Phi) is 6.52. The molecule has 2 N–H and O–H groups in total. The van der Waals surface area contributed by atoms with Gasteiger partial charge in [-0.15, -0.1) is 0 Å². The Bertz CT molecular complexity index is 658. The van der Waals surface area contributed by atoms with Gasteiger partial charge in [0, 0.05) is 30.8 Å². The Morgan fingerprint density at radius 1 is 1.16 bits per heavy atom. The highest BCUT2D eigenvalue weighted by atomic mass is 35.5. The van der Waals surface area contributed by atoms with E-state index in [0.717, 1.165) is 0 Å². The van der Waals surface area contributed by atoms with Crippen molar-refractivity contribution in [1.82, 2.24) is 10.2 Å². The van der Waals surface area contributed by atoms with Crippen molar-refractivity contribution in [3.8, 4) is 0 Å². The minimum Gasteiger partial charge on any atom is -0.481 e. The number of carbonyl (C=O) groups excluding carboxylic acids is 3. The fourth-order valence-electron chi connectivity index (χ4n) is 2.66. The maximum atomic E-state index is 12.1. The number of nitrogens with one attached hydrogen (secondary N) is 1. The van der Waals surface area contributed by atoms with Crippen LogP contribution in [0, 0.1) is 0 Å². The number of aliphatic carboxylic acids is 1. The van der Waals surface area contributed by atoms with Crippen molar-refractivity contribution in [3.63, 3.8) is 0 Å². The van der Waals surface area contributed by atoms with Crippen LogP contribution in [0.25, 0.3) is 0 Å². The van der Waals surface area contributed by atoms with E-state index in [4.69, 9.17) is 16.7 Å². The van der Waals surface area contributed by atoms with Crippen LogP contribution in [0.15, 0.2) is 24.3 Å². The number of likely N-dealkylation sites (tertiary alicyclic amines) is 1. The highest BCUT2D eigenvalue weighted by Gasteiger charge is 2.28. The molecule has 1 saturated heterocycles. The fourth-order valence-corrected chi connectivity index (χ4v) is 2.78. The van der Waals surface area contributed by atoms with Gasteiger partial charge in [0.1, 0.15) is 0 Å². The first kappa shape index (κ1) is 18.9. The predicted octanol–water partition coefficient (Wildman–Crippen LogP) is 1.90. The number of carboxylic acid groups (broad SMARTS) is 1. The maximum absolute atomic E-state index is 12.1. The van der Waals surface area contributed by atoms with Gasteiger partial charge in [-0.25, -0.2) is 0 Å². The van der Waals surface area contributed by atoms with E-state index in [-0.39, 0.29) is 49.9 Å². The van der Waals surface area contributed by atoms with Crippen LogP contribution >= 0.6 is 11.6 Å². The van der Waals surface area contributed by atoms with Gasteiger partial charge in [-0.1, -0.05) is 23.7 Å². The van der Waals surface area contributed by atoms with Crippen LogP contribution in [-0.2, 0) is 19.2 Å². The van der Waals surface area contributed by atoms with Gasteiger partial charge in [-0.2, -0.15) is 0 Å². The van der Waals surface area contributed by atoms with Crippen LogP contribution in [0.2, 0.25) is 5.02 Å². The average molecular weight is 367 g/mol. The SMILES string of the molecule is O=C(O)CC(NC(=O)CCCN1C(=O)CCC1=O)c1ccc(Cl)cc1. The van der Waals surface area contributed by atoms with E-state index in [1.54, 1.807) is 24.3 Å². The molecule has 8 heteroatoms. The lowest BCUT2D eigenvalue weighted by atomic mass is 10.0. The summed E-state index contributed by atoms with van der Waals surface area (Å²) in [6.07, 6.45) is 0.630. The molecule has 2 rings (SSSR count). The van der Waals surface area contributed by atoms with Crippen molar-refractivity contribution >= 4 is 35.3 Å². The molecule has 1 heterocycles. The van der Waals surface area contributed by atoms with E-state index in [0.29, 0.717) is 17.0 Å². The molecule has 25 heavy (non-hydrogen) atoms. The smallest absolute Gasteiger partial charge is 0.305 e. The first-order chi connectivity index (χ1) is 11.9. The zero-order chi connectivity index (χ0) is 18.4. The quantitative estimate of drug-likeness (QED) is 0.684. The monoisotopic (exact) mass is 366 g/mol. The molecule has 0 spiro atoms. The number of hydrogen-bond acceptors (Lipinski definition) is 4. The van der Waals surface area contributed by atoms with Gasteiger partial charge in [0.2, 0.25) is 17.7 Å². The number of hydrogen-bond donors (Lipinski definition) is 2. The number of halogens is 1. The van der Waals surface area contributed by atoms with Gasteiger partial charge in [-0.3, -0.25) is 24.1 Å². The molecule has 0 saturated carbocycles. The lowest BCUT2D eigenvalue weighted by Crippen LogP contribution is -2.33. The molecular weight excluding hydrogens is 348 g/mol. The Morgan fingerprint density at radius 2 is 1.76 bits per heavy atom. The van der Waals surface area contributed by atoms with E-state index in [9.17, 15) is 19.2 Å². The van der Waals surface area contributed by atoms with E-state index in [1.165, 1.54) is 4.90 Å². The molecule has 1 aliphatic heterocycles. The van der Waals surface area contributed by atoms with Gasteiger partial charge in [0.05, 0.1) is 12.5 Å². The Labute approximate surface area is 149 Å². The van der Waals surface area contributed by atoms with E-state index in [2.05, 4.69) is 5.32 Å². The first-order valence-electron chi connectivity index (χ1n) is 7.96. The van der Waals surface area contributed by atoms with Crippen LogP contribution in [0.5, 0.6) is 0 Å². The van der Waals surface area contributed by atoms with Gasteiger partial charge in [0.25, 0.3) is 0 Å². The highest BCUT2D eigenvalue weighted by molar-refractivity contribution is 6.30. The van der Waals surface area contributed by atoms with Crippen LogP contribution in [0.3, 0.4) is 0 Å². The van der Waals surface area contributed by atoms with Crippen LogP contribution in [0.1, 0.15) is 43.7 Å². The zero-order valence-electron chi connectivity index (χ0n) is 13.5. The second kappa shape index (κ2) is 8.62. The average Bonchev–Trinajstić information content (AvgIpc) is 2.86. The van der Waals surface area contributed by atoms with Crippen molar-refractivity contribution in [2.24, 2.45) is 0 Å². The third-order valence-corrected chi connectivity index (χ3v) is 4.18. The van der Waals surface area contributed by atoms with Gasteiger partial charge in [-0.05, 0) is 24.1 Å². The summed E-state index contributed by atoms with van der Waals surface area (Å²) in [6, 6.07) is 5.91. The normalized spacial score (nSPS) is 15.3. The molecular formula is C17H19ClN2O5. The van der Waals surface area contributed by atoms with E-state index >= 15 is 0 Å². The second-order valence-corrected chi connectivity index (χ2v) is 6.25. The Hall–Kier alpha value is -2.41. The molecule has 7 nitrogen and oxygen atoms in total.